The van der Waals surface area contributed by atoms with Crippen LogP contribution in [0.15, 0.2) is 77.7 Å². The number of benzene rings is 3. The molecule has 0 radical (unpaired) electrons. The van der Waals surface area contributed by atoms with E-state index in [1.807, 2.05) is 50.2 Å². The van der Waals surface area contributed by atoms with E-state index in [9.17, 15) is 33.0 Å². The predicted octanol–water partition coefficient (Wildman–Crippen LogP) is 7.67. The summed E-state index contributed by atoms with van der Waals surface area (Å²) in [6.45, 7) is 9.73. The van der Waals surface area contributed by atoms with Crippen LogP contribution in [0, 0.1) is 17.3 Å². The number of carbonyl (C=O) groups excluding carboxylic acids is 2. The quantitative estimate of drug-likeness (QED) is 0.0828. The number of alkyl carbamates (subject to hydrolysis) is 1. The number of aliphatic hydroxyl groups excluding tert-OH is 1. The van der Waals surface area contributed by atoms with Crippen LogP contribution in [-0.2, 0) is 54.9 Å². The van der Waals surface area contributed by atoms with Crippen molar-refractivity contribution in [1.29, 1.82) is 0 Å². The van der Waals surface area contributed by atoms with Gasteiger partial charge in [-0.1, -0.05) is 64.1 Å². The Morgan fingerprint density at radius 2 is 1.68 bits per heavy atom. The van der Waals surface area contributed by atoms with Crippen molar-refractivity contribution in [3.8, 4) is 21.9 Å². The number of nitrogens with one attached hydrogen (secondary N) is 1. The topological polar surface area (TPSA) is 187 Å². The maximum atomic E-state index is 14.0. The molecule has 1 amide bonds. The summed E-state index contributed by atoms with van der Waals surface area (Å²) in [5.74, 6) is -0.490. The average molecular weight is 933 g/mol. The molecular weight excluding hydrogens is 873 g/mol. The van der Waals surface area contributed by atoms with Gasteiger partial charge in [0.25, 0.3) is 0 Å². The fourth-order valence-corrected chi connectivity index (χ4v) is 12.2. The monoisotopic (exact) mass is 932 g/mol. The first-order chi connectivity index (χ1) is 30.9. The average Bonchev–Trinajstić information content (AvgIpc) is 3.95. The van der Waals surface area contributed by atoms with E-state index in [2.05, 4.69) is 19.2 Å². The van der Waals surface area contributed by atoms with Gasteiger partial charge in [-0.25, -0.2) is 18.0 Å². The van der Waals surface area contributed by atoms with Crippen LogP contribution in [0.4, 0.5) is 4.79 Å². The molecule has 2 aliphatic carbocycles. The van der Waals surface area contributed by atoms with Gasteiger partial charge in [0.15, 0.2) is 0 Å². The number of hydrogen-bond donors (Lipinski definition) is 3. The molecule has 16 heteroatoms. The number of carbonyl (C=O) groups is 3. The van der Waals surface area contributed by atoms with Crippen LogP contribution in [0.3, 0.4) is 0 Å². The highest BCUT2D eigenvalue weighted by atomic mass is 32.2. The van der Waals surface area contributed by atoms with Crippen molar-refractivity contribution in [1.82, 2.24) is 9.62 Å². The summed E-state index contributed by atoms with van der Waals surface area (Å²) in [6.07, 6.45) is 0.217. The lowest BCUT2D eigenvalue weighted by atomic mass is 9.76. The number of nitrogens with zero attached hydrogens (tertiary/aromatic N) is 1. The maximum Gasteiger partial charge on any atom is 0.407 e. The Morgan fingerprint density at radius 1 is 0.969 bits per heavy atom. The van der Waals surface area contributed by atoms with Gasteiger partial charge in [0.1, 0.15) is 30.3 Å². The first-order valence-electron chi connectivity index (χ1n) is 22.2. The largest absolute Gasteiger partial charge is 0.497 e. The molecule has 0 spiro atoms. The lowest BCUT2D eigenvalue weighted by Crippen LogP contribution is -2.51. The molecule has 0 bridgehead atoms. The second-order valence-electron chi connectivity index (χ2n) is 18.5. The van der Waals surface area contributed by atoms with Gasteiger partial charge in [0.05, 0.1) is 42.4 Å². The Balaban J connectivity index is 1.07. The summed E-state index contributed by atoms with van der Waals surface area (Å²) in [4.78, 5) is 39.9. The third-order valence-electron chi connectivity index (χ3n) is 12.5. The molecule has 4 aromatic rings. The molecule has 3 aromatic carbocycles. The number of amides is 1. The van der Waals surface area contributed by atoms with E-state index in [-0.39, 0.29) is 61.0 Å². The number of thiophene rings is 1. The van der Waals surface area contributed by atoms with Gasteiger partial charge in [-0.2, -0.15) is 4.31 Å². The minimum atomic E-state index is -4.08. The van der Waals surface area contributed by atoms with E-state index >= 15 is 0 Å². The fourth-order valence-electron chi connectivity index (χ4n) is 9.21. The summed E-state index contributed by atoms with van der Waals surface area (Å²) in [6, 6.07) is 19.9. The van der Waals surface area contributed by atoms with E-state index in [1.165, 1.54) is 30.5 Å². The number of methoxy groups -OCH3 is 1. The number of ether oxygens (including phenoxy) is 5. The number of aryl methyl sites for hydroxylation is 1. The van der Waals surface area contributed by atoms with Gasteiger partial charge in [-0.15, -0.1) is 11.3 Å². The van der Waals surface area contributed by atoms with Crippen LogP contribution >= 0.6 is 11.3 Å². The minimum absolute atomic E-state index is 0.0256. The van der Waals surface area contributed by atoms with Gasteiger partial charge in [0, 0.05) is 42.1 Å². The first-order valence-corrected chi connectivity index (χ1v) is 24.4. The van der Waals surface area contributed by atoms with E-state index < -0.39 is 52.4 Å². The predicted molar refractivity (Wildman–Crippen MR) is 245 cm³/mol. The third kappa shape index (κ3) is 11.5. The Bertz CT molecular complexity index is 2430. The van der Waals surface area contributed by atoms with Crippen LogP contribution in [-0.4, -0.2) is 98.2 Å². The highest BCUT2D eigenvalue weighted by molar-refractivity contribution is 7.89. The molecule has 6 atom stereocenters. The molecule has 1 saturated heterocycles. The normalized spacial score (nSPS) is 21.0. The number of carboxylic acids is 1. The number of hydrogen-bond acceptors (Lipinski definition) is 12. The van der Waals surface area contributed by atoms with Crippen molar-refractivity contribution in [3.63, 3.8) is 0 Å². The molecule has 350 valence electrons. The van der Waals surface area contributed by atoms with Gasteiger partial charge in [0.2, 0.25) is 10.0 Å². The van der Waals surface area contributed by atoms with E-state index in [0.29, 0.717) is 29.9 Å². The number of aliphatic hydroxyl groups is 1. The smallest absolute Gasteiger partial charge is 0.407 e. The summed E-state index contributed by atoms with van der Waals surface area (Å²) < 4.78 is 57.9. The SMILES string of the molecule is COc1ccc(S(=O)(=O)N(CC(C)C)C[C@@H](O)[C@H](Cc2ccc(OCc3ccccc3-c3sc4c(c3C(=O)O)CC(C)(C)CC4)cc2)NC(=O)O[C@@H]2C[C@@H]3[C@@H](OC(C)=O)CO[C@@H]3C2)cc1. The lowest BCUT2D eigenvalue weighted by molar-refractivity contribution is -0.148. The number of fused-ring (bicyclic) bond motifs is 2. The molecule has 65 heavy (non-hydrogen) atoms. The molecule has 7 rings (SSSR count). The number of rotatable bonds is 18. The summed E-state index contributed by atoms with van der Waals surface area (Å²) >= 11 is 1.56. The van der Waals surface area contributed by atoms with Gasteiger partial charge >= 0.3 is 18.0 Å². The third-order valence-corrected chi connectivity index (χ3v) is 15.7. The highest BCUT2D eigenvalue weighted by Gasteiger charge is 2.48. The number of sulfonamides is 1. The van der Waals surface area contributed by atoms with Crippen molar-refractivity contribution < 1.29 is 56.7 Å². The van der Waals surface area contributed by atoms with Crippen LogP contribution in [0.25, 0.3) is 10.4 Å². The molecule has 3 aliphatic rings. The number of aromatic carboxylic acids is 1. The van der Waals surface area contributed by atoms with Crippen LogP contribution < -0.4 is 14.8 Å². The molecule has 1 aromatic heterocycles. The summed E-state index contributed by atoms with van der Waals surface area (Å²) in [7, 11) is -2.59. The zero-order valence-corrected chi connectivity index (χ0v) is 39.4. The molecule has 2 heterocycles. The van der Waals surface area contributed by atoms with E-state index in [4.69, 9.17) is 23.7 Å². The first kappa shape index (κ1) is 47.9. The molecule has 1 saturated carbocycles. The van der Waals surface area contributed by atoms with Crippen LogP contribution in [0.1, 0.15) is 85.8 Å². The standard InChI is InChI=1S/C49H60N2O12S2/c1-29(2)25-51(65(57,58)36-17-15-33(59-6)16-18-36)26-41(53)40(50-48(56)63-35-22-38-42(23-35)61-28-43(38)62-30(3)52)21-31-11-13-34(14-12-31)60-27-32-9-7-8-10-37(32)46-45(47(54)55)39-24-49(4,5)20-19-44(39)64-46/h7-18,29,35,38,40-43,53H,19-28H2,1-6H3,(H,50,56)(H,54,55)/t35-,38+,40+,41-,42-,43+/m1/s1. The van der Waals surface area contributed by atoms with Crippen LogP contribution in [0.2, 0.25) is 0 Å². The Hall–Kier alpha value is -5.00. The Labute approximate surface area is 385 Å². The highest BCUT2D eigenvalue weighted by Crippen LogP contribution is 2.46. The molecule has 14 nitrogen and oxygen atoms in total. The summed E-state index contributed by atoms with van der Waals surface area (Å²) in [5.41, 5.74) is 3.73. The molecule has 0 unspecified atom stereocenters. The summed E-state index contributed by atoms with van der Waals surface area (Å²) in [5, 5.41) is 25.1. The van der Waals surface area contributed by atoms with Crippen molar-refractivity contribution in [2.45, 2.75) is 115 Å². The van der Waals surface area contributed by atoms with Crippen molar-refractivity contribution >= 4 is 39.4 Å². The van der Waals surface area contributed by atoms with Crippen LogP contribution in [0.5, 0.6) is 11.5 Å². The van der Waals surface area contributed by atoms with Crippen molar-refractivity contribution in [3.05, 3.63) is 99.9 Å². The van der Waals surface area contributed by atoms with Crippen molar-refractivity contribution in [2.24, 2.45) is 17.3 Å². The molecule has 3 N–H and O–H groups in total. The lowest BCUT2D eigenvalue weighted by Gasteiger charge is -2.31. The maximum absolute atomic E-state index is 14.0. The molecular formula is C49H60N2O12S2. The Morgan fingerprint density at radius 3 is 2.35 bits per heavy atom. The Kier molecular flexibility index (Phi) is 14.9. The van der Waals surface area contributed by atoms with E-state index in [0.717, 1.165) is 51.3 Å². The molecule has 1 aliphatic heterocycles. The van der Waals surface area contributed by atoms with E-state index in [1.54, 1.807) is 35.6 Å². The zero-order valence-electron chi connectivity index (χ0n) is 37.8. The van der Waals surface area contributed by atoms with Gasteiger partial charge in [-0.05, 0) is 102 Å². The number of carboxylic acid groups (broad SMARTS) is 1. The zero-order chi connectivity index (χ0) is 46.6. The van der Waals surface area contributed by atoms with Gasteiger partial charge in [-0.3, -0.25) is 4.79 Å². The van der Waals surface area contributed by atoms with Crippen molar-refractivity contribution in [2.75, 3.05) is 26.8 Å². The number of esters is 1. The fraction of sp³-hybridized carbons (Fsp3) is 0.490. The minimum Gasteiger partial charge on any atom is -0.497 e. The van der Waals surface area contributed by atoms with Gasteiger partial charge < -0.3 is 39.2 Å². The second-order valence-corrected chi connectivity index (χ2v) is 21.6. The molecule has 2 fully saturated rings. The second kappa shape index (κ2) is 20.3.